The van der Waals surface area contributed by atoms with Crippen LogP contribution in [0.3, 0.4) is 0 Å². The van der Waals surface area contributed by atoms with Gasteiger partial charge < -0.3 is 5.11 Å². The minimum absolute atomic E-state index is 0.0975. The van der Waals surface area contributed by atoms with Crippen LogP contribution in [0.1, 0.15) is 5.56 Å². The summed E-state index contributed by atoms with van der Waals surface area (Å²) in [7, 11) is 0. The fraction of sp³-hybridized carbons (Fsp3) is 0.200. The molecule has 1 rings (SSSR count). The number of ketones is 2. The molecule has 0 saturated heterocycles. The molecule has 0 aliphatic carbocycles. The molecule has 14 heavy (non-hydrogen) atoms. The molecule has 0 unspecified atom stereocenters. The Balaban J connectivity index is 2.65. The third kappa shape index (κ3) is 2.74. The first-order valence-corrected chi connectivity index (χ1v) is 4.05. The van der Waals surface area contributed by atoms with Crippen molar-refractivity contribution in [2.24, 2.45) is 0 Å². The molecule has 0 radical (unpaired) electrons. The van der Waals surface area contributed by atoms with Crippen LogP contribution in [0, 0.1) is 5.82 Å². The standard InChI is InChI=1S/C10H9FO3/c11-8-3-1-7(2-4-8)5-9(13)10(14)6-12/h1-4,12H,5-6H2. The van der Waals surface area contributed by atoms with Crippen LogP contribution in [0.2, 0.25) is 0 Å². The summed E-state index contributed by atoms with van der Waals surface area (Å²) < 4.78 is 12.5. The number of carbonyl (C=O) groups is 2. The molecule has 0 amide bonds. The van der Waals surface area contributed by atoms with Gasteiger partial charge >= 0.3 is 0 Å². The highest BCUT2D eigenvalue weighted by molar-refractivity contribution is 6.38. The van der Waals surface area contributed by atoms with Crippen LogP contribution < -0.4 is 0 Å². The van der Waals surface area contributed by atoms with E-state index >= 15 is 0 Å². The normalized spacial score (nSPS) is 9.86. The molecular weight excluding hydrogens is 187 g/mol. The molecule has 0 saturated carbocycles. The van der Waals surface area contributed by atoms with Crippen LogP contribution in [-0.2, 0) is 16.0 Å². The Morgan fingerprint density at radius 3 is 2.21 bits per heavy atom. The second-order valence-electron chi connectivity index (χ2n) is 2.81. The van der Waals surface area contributed by atoms with Gasteiger partial charge in [-0.15, -0.1) is 0 Å². The Hall–Kier alpha value is -1.55. The van der Waals surface area contributed by atoms with E-state index in [1.807, 2.05) is 0 Å². The molecule has 0 bridgehead atoms. The monoisotopic (exact) mass is 196 g/mol. The maximum Gasteiger partial charge on any atom is 0.223 e. The summed E-state index contributed by atoms with van der Waals surface area (Å²) in [5.41, 5.74) is 0.554. The number of hydrogen-bond acceptors (Lipinski definition) is 3. The number of Topliss-reactive ketones (excluding diaryl/α,β-unsaturated/α-hetero) is 2. The SMILES string of the molecule is O=C(CO)C(=O)Cc1ccc(F)cc1. The number of aliphatic hydroxyl groups excluding tert-OH is 1. The van der Waals surface area contributed by atoms with E-state index in [1.165, 1.54) is 24.3 Å². The van der Waals surface area contributed by atoms with Crippen molar-refractivity contribution in [1.82, 2.24) is 0 Å². The van der Waals surface area contributed by atoms with E-state index in [4.69, 9.17) is 5.11 Å². The first-order valence-electron chi connectivity index (χ1n) is 4.05. The zero-order chi connectivity index (χ0) is 10.6. The number of halogens is 1. The van der Waals surface area contributed by atoms with Crippen LogP contribution in [-0.4, -0.2) is 23.3 Å². The first-order chi connectivity index (χ1) is 6.63. The molecule has 0 aliphatic heterocycles. The van der Waals surface area contributed by atoms with Gasteiger partial charge in [-0.1, -0.05) is 12.1 Å². The molecule has 4 heteroatoms. The largest absolute Gasteiger partial charge is 0.388 e. The zero-order valence-corrected chi connectivity index (χ0v) is 7.37. The number of aliphatic hydroxyl groups is 1. The van der Waals surface area contributed by atoms with Gasteiger partial charge in [-0.2, -0.15) is 0 Å². The van der Waals surface area contributed by atoms with Crippen molar-refractivity contribution < 1.29 is 19.1 Å². The lowest BCUT2D eigenvalue weighted by Gasteiger charge is -1.98. The predicted molar refractivity (Wildman–Crippen MR) is 47.2 cm³/mol. The molecular formula is C10H9FO3. The van der Waals surface area contributed by atoms with Gasteiger partial charge in [0.05, 0.1) is 0 Å². The number of carbonyl (C=O) groups excluding carboxylic acids is 2. The first kappa shape index (κ1) is 10.5. The maximum atomic E-state index is 12.5. The number of hydrogen-bond donors (Lipinski definition) is 1. The van der Waals surface area contributed by atoms with Crippen molar-refractivity contribution in [2.75, 3.05) is 6.61 Å². The van der Waals surface area contributed by atoms with Crippen molar-refractivity contribution in [1.29, 1.82) is 0 Å². The van der Waals surface area contributed by atoms with Crippen molar-refractivity contribution >= 4 is 11.6 Å². The van der Waals surface area contributed by atoms with Gasteiger partial charge in [-0.05, 0) is 17.7 Å². The number of benzene rings is 1. The van der Waals surface area contributed by atoms with Gasteiger partial charge in [0, 0.05) is 6.42 Å². The minimum Gasteiger partial charge on any atom is -0.388 e. The van der Waals surface area contributed by atoms with Crippen molar-refractivity contribution in [3.8, 4) is 0 Å². The third-order valence-corrected chi connectivity index (χ3v) is 1.73. The molecule has 0 aliphatic rings. The summed E-state index contributed by atoms with van der Waals surface area (Å²) in [5, 5.41) is 8.40. The Kier molecular flexibility index (Phi) is 3.48. The molecule has 3 nitrogen and oxygen atoms in total. The van der Waals surface area contributed by atoms with E-state index < -0.39 is 24.0 Å². The Morgan fingerprint density at radius 1 is 1.14 bits per heavy atom. The summed E-state index contributed by atoms with van der Waals surface area (Å²) in [6.07, 6.45) is -0.0975. The fourth-order valence-electron chi connectivity index (χ4n) is 0.974. The Bertz CT molecular complexity index is 343. The highest BCUT2D eigenvalue weighted by Gasteiger charge is 2.12. The van der Waals surface area contributed by atoms with Crippen molar-refractivity contribution in [3.05, 3.63) is 35.6 Å². The highest BCUT2D eigenvalue weighted by Crippen LogP contribution is 2.04. The highest BCUT2D eigenvalue weighted by atomic mass is 19.1. The van der Waals surface area contributed by atoms with Crippen LogP contribution in [0.5, 0.6) is 0 Å². The van der Waals surface area contributed by atoms with Crippen LogP contribution in [0.15, 0.2) is 24.3 Å². The predicted octanol–water partition coefficient (Wildman–Crippen LogP) is 0.499. The average molecular weight is 196 g/mol. The molecule has 0 heterocycles. The number of rotatable bonds is 4. The lowest BCUT2D eigenvalue weighted by atomic mass is 10.1. The van der Waals surface area contributed by atoms with Gasteiger partial charge in [-0.25, -0.2) is 4.39 Å². The lowest BCUT2D eigenvalue weighted by Crippen LogP contribution is -2.19. The molecule has 0 spiro atoms. The maximum absolute atomic E-state index is 12.5. The van der Waals surface area contributed by atoms with E-state index in [2.05, 4.69) is 0 Å². The minimum atomic E-state index is -0.825. The molecule has 0 atom stereocenters. The summed E-state index contributed by atoms with van der Waals surface area (Å²) >= 11 is 0. The van der Waals surface area contributed by atoms with Gasteiger partial charge in [-0.3, -0.25) is 9.59 Å². The summed E-state index contributed by atoms with van der Waals surface area (Å²) in [6.45, 7) is -0.778. The molecule has 1 aromatic rings. The van der Waals surface area contributed by atoms with E-state index in [1.54, 1.807) is 0 Å². The summed E-state index contributed by atoms with van der Waals surface area (Å²) in [6, 6.07) is 5.29. The molecule has 1 N–H and O–H groups in total. The van der Waals surface area contributed by atoms with Crippen molar-refractivity contribution in [2.45, 2.75) is 6.42 Å². The second-order valence-corrected chi connectivity index (χ2v) is 2.81. The van der Waals surface area contributed by atoms with Gasteiger partial charge in [0.1, 0.15) is 12.4 Å². The van der Waals surface area contributed by atoms with Crippen LogP contribution in [0.4, 0.5) is 4.39 Å². The van der Waals surface area contributed by atoms with E-state index in [0.717, 1.165) is 0 Å². The van der Waals surface area contributed by atoms with E-state index in [9.17, 15) is 14.0 Å². The van der Waals surface area contributed by atoms with E-state index in [-0.39, 0.29) is 6.42 Å². The molecule has 1 aromatic carbocycles. The third-order valence-electron chi connectivity index (χ3n) is 1.73. The molecule has 0 aromatic heterocycles. The quantitative estimate of drug-likeness (QED) is 0.713. The van der Waals surface area contributed by atoms with Crippen LogP contribution >= 0.6 is 0 Å². The Morgan fingerprint density at radius 2 is 1.71 bits per heavy atom. The van der Waals surface area contributed by atoms with E-state index in [0.29, 0.717) is 5.56 Å². The Labute approximate surface area is 80.2 Å². The van der Waals surface area contributed by atoms with Gasteiger partial charge in [0.2, 0.25) is 11.6 Å². The van der Waals surface area contributed by atoms with Crippen LogP contribution in [0.25, 0.3) is 0 Å². The van der Waals surface area contributed by atoms with Crippen molar-refractivity contribution in [3.63, 3.8) is 0 Å². The fourth-order valence-corrected chi connectivity index (χ4v) is 0.974. The second kappa shape index (κ2) is 4.62. The van der Waals surface area contributed by atoms with Gasteiger partial charge in [0.25, 0.3) is 0 Å². The topological polar surface area (TPSA) is 54.4 Å². The molecule has 74 valence electrons. The molecule has 0 fully saturated rings. The summed E-state index contributed by atoms with van der Waals surface area (Å²) in [5.74, 6) is -1.89. The summed E-state index contributed by atoms with van der Waals surface area (Å²) in [4.78, 5) is 21.7. The average Bonchev–Trinajstić information content (AvgIpc) is 2.20. The smallest absolute Gasteiger partial charge is 0.223 e. The van der Waals surface area contributed by atoms with Gasteiger partial charge in [0.15, 0.2) is 0 Å². The lowest BCUT2D eigenvalue weighted by molar-refractivity contribution is -0.137. The zero-order valence-electron chi connectivity index (χ0n) is 7.37.